The van der Waals surface area contributed by atoms with Gasteiger partial charge in [0.1, 0.15) is 11.8 Å². The van der Waals surface area contributed by atoms with Crippen LogP contribution < -0.4 is 14.8 Å². The van der Waals surface area contributed by atoms with Crippen LogP contribution in [0.4, 0.5) is 4.39 Å². The number of Topliss-reactive ketones (excluding diaryl/α,β-unsaturated/α-hetero) is 1. The smallest absolute Gasteiger partial charge is 0.329 e. The summed E-state index contributed by atoms with van der Waals surface area (Å²) in [6.45, 7) is 2.88. The van der Waals surface area contributed by atoms with Crippen LogP contribution in [0.2, 0.25) is 0 Å². The van der Waals surface area contributed by atoms with Crippen molar-refractivity contribution in [1.82, 2.24) is 5.32 Å². The largest absolute Gasteiger partial charge is 0.496 e. The number of nitrogens with one attached hydrogen (secondary N) is 1. The summed E-state index contributed by atoms with van der Waals surface area (Å²) in [4.78, 5) is 37.3. The van der Waals surface area contributed by atoms with Crippen molar-refractivity contribution < 1.29 is 33.0 Å². The van der Waals surface area contributed by atoms with E-state index in [9.17, 15) is 18.8 Å². The van der Waals surface area contributed by atoms with Crippen LogP contribution in [0.15, 0.2) is 42.5 Å². The van der Waals surface area contributed by atoms with Gasteiger partial charge in [0.2, 0.25) is 0 Å². The first kappa shape index (κ1) is 22.9. The van der Waals surface area contributed by atoms with Crippen molar-refractivity contribution in [2.45, 2.75) is 19.9 Å². The quantitative estimate of drug-likeness (QED) is 0.498. The Balaban J connectivity index is 2.04. The maximum atomic E-state index is 13.8. The van der Waals surface area contributed by atoms with Gasteiger partial charge in [-0.1, -0.05) is 26.0 Å². The van der Waals surface area contributed by atoms with Gasteiger partial charge in [0, 0.05) is 5.56 Å². The highest BCUT2D eigenvalue weighted by molar-refractivity contribution is 6.00. The highest BCUT2D eigenvalue weighted by atomic mass is 19.1. The lowest BCUT2D eigenvalue weighted by Gasteiger charge is -2.21. The summed E-state index contributed by atoms with van der Waals surface area (Å²) in [7, 11) is 2.75. The fraction of sp³-hybridized carbons (Fsp3) is 0.318. The van der Waals surface area contributed by atoms with E-state index in [0.717, 1.165) is 6.07 Å². The molecule has 0 aliphatic heterocycles. The first-order valence-corrected chi connectivity index (χ1v) is 9.25. The number of para-hydroxylation sites is 1. The van der Waals surface area contributed by atoms with E-state index in [1.807, 2.05) is 0 Å². The number of amides is 1. The molecule has 160 valence electrons. The predicted molar refractivity (Wildman–Crippen MR) is 107 cm³/mol. The average Bonchev–Trinajstić information content (AvgIpc) is 2.74. The number of hydrogen-bond donors (Lipinski definition) is 1. The van der Waals surface area contributed by atoms with E-state index in [1.54, 1.807) is 38.1 Å². The van der Waals surface area contributed by atoms with Crippen LogP contribution >= 0.6 is 0 Å². The number of methoxy groups -OCH3 is 2. The molecule has 0 unspecified atom stereocenters. The summed E-state index contributed by atoms with van der Waals surface area (Å²) in [5.41, 5.74) is 0.309. The molecule has 1 amide bonds. The second-order valence-corrected chi connectivity index (χ2v) is 6.78. The molecule has 0 aliphatic rings. The zero-order valence-electron chi connectivity index (χ0n) is 17.2. The van der Waals surface area contributed by atoms with Crippen molar-refractivity contribution in [3.63, 3.8) is 0 Å². The van der Waals surface area contributed by atoms with Crippen molar-refractivity contribution in [2.75, 3.05) is 20.8 Å². The van der Waals surface area contributed by atoms with E-state index >= 15 is 0 Å². The van der Waals surface area contributed by atoms with E-state index in [1.165, 1.54) is 26.4 Å². The number of rotatable bonds is 9. The number of carbonyl (C=O) groups is 3. The van der Waals surface area contributed by atoms with Crippen molar-refractivity contribution in [2.24, 2.45) is 5.92 Å². The minimum atomic E-state index is -0.984. The molecular formula is C22H24FNO6. The molecule has 8 heteroatoms. The molecule has 2 rings (SSSR count). The first-order valence-electron chi connectivity index (χ1n) is 9.25. The Kier molecular flexibility index (Phi) is 7.91. The number of benzene rings is 2. The summed E-state index contributed by atoms with van der Waals surface area (Å²) in [6, 6.07) is 9.31. The lowest BCUT2D eigenvalue weighted by molar-refractivity contribution is -0.145. The van der Waals surface area contributed by atoms with E-state index in [2.05, 4.69) is 5.32 Å². The Morgan fingerprint density at radius 3 is 2.27 bits per heavy atom. The molecule has 0 aromatic heterocycles. The van der Waals surface area contributed by atoms with Crippen molar-refractivity contribution in [3.8, 4) is 11.5 Å². The third kappa shape index (κ3) is 5.56. The molecule has 7 nitrogen and oxygen atoms in total. The summed E-state index contributed by atoms with van der Waals surface area (Å²) >= 11 is 0. The maximum Gasteiger partial charge on any atom is 0.329 e. The Morgan fingerprint density at radius 2 is 1.67 bits per heavy atom. The van der Waals surface area contributed by atoms with Crippen LogP contribution in [0, 0.1) is 11.7 Å². The van der Waals surface area contributed by atoms with Crippen molar-refractivity contribution in [1.29, 1.82) is 0 Å². The van der Waals surface area contributed by atoms with Crippen LogP contribution in [-0.4, -0.2) is 44.5 Å². The van der Waals surface area contributed by atoms with Gasteiger partial charge in [-0.25, -0.2) is 9.18 Å². The minimum absolute atomic E-state index is 0.00229. The molecule has 0 bridgehead atoms. The standard InChI is InChI=1S/C22H24FNO6/c1-13(2)20(24-21(26)15-7-5-6-8-18(15)28-3)22(27)30-12-17(25)14-9-10-19(29-4)16(23)11-14/h5-11,13,20H,12H2,1-4H3,(H,24,26)/t20-/m0/s1. The number of hydrogen-bond acceptors (Lipinski definition) is 6. The summed E-state index contributed by atoms with van der Waals surface area (Å²) in [6.07, 6.45) is 0. The molecular weight excluding hydrogens is 393 g/mol. The van der Waals surface area contributed by atoms with Gasteiger partial charge in [0.25, 0.3) is 5.91 Å². The molecule has 0 aliphatic carbocycles. The molecule has 0 heterocycles. The summed E-state index contributed by atoms with van der Waals surface area (Å²) < 4.78 is 28.8. The summed E-state index contributed by atoms with van der Waals surface area (Å²) in [5.74, 6) is -2.49. The zero-order valence-corrected chi connectivity index (χ0v) is 17.2. The molecule has 1 N–H and O–H groups in total. The molecule has 2 aromatic carbocycles. The second-order valence-electron chi connectivity index (χ2n) is 6.78. The van der Waals surface area contributed by atoms with Crippen molar-refractivity contribution in [3.05, 3.63) is 59.4 Å². The lowest BCUT2D eigenvalue weighted by atomic mass is 10.0. The zero-order chi connectivity index (χ0) is 22.3. The molecule has 0 saturated carbocycles. The Bertz CT molecular complexity index is 928. The monoisotopic (exact) mass is 417 g/mol. The molecule has 0 fully saturated rings. The Morgan fingerprint density at radius 1 is 1.00 bits per heavy atom. The minimum Gasteiger partial charge on any atom is -0.496 e. The number of carbonyl (C=O) groups excluding carboxylic acids is 3. The Hall–Kier alpha value is -3.42. The van der Waals surface area contributed by atoms with Gasteiger partial charge in [-0.3, -0.25) is 9.59 Å². The fourth-order valence-electron chi connectivity index (χ4n) is 2.70. The van der Waals surface area contributed by atoms with E-state index < -0.39 is 36.1 Å². The highest BCUT2D eigenvalue weighted by Crippen LogP contribution is 2.19. The van der Waals surface area contributed by atoms with E-state index in [0.29, 0.717) is 5.75 Å². The van der Waals surface area contributed by atoms with Gasteiger partial charge in [-0.05, 0) is 36.2 Å². The molecule has 1 atom stereocenters. The highest BCUT2D eigenvalue weighted by Gasteiger charge is 2.28. The SMILES string of the molecule is COc1ccc(C(=O)COC(=O)[C@@H](NC(=O)c2ccccc2OC)C(C)C)cc1F. The van der Waals surface area contributed by atoms with Crippen LogP contribution in [0.1, 0.15) is 34.6 Å². The first-order chi connectivity index (χ1) is 14.3. The molecule has 0 spiro atoms. The third-order valence-electron chi connectivity index (χ3n) is 4.38. The number of esters is 1. The van der Waals surface area contributed by atoms with Gasteiger partial charge in [-0.15, -0.1) is 0 Å². The number of ketones is 1. The van der Waals surface area contributed by atoms with Crippen LogP contribution in [0.5, 0.6) is 11.5 Å². The van der Waals surface area contributed by atoms with Crippen LogP contribution in [0.25, 0.3) is 0 Å². The molecule has 30 heavy (non-hydrogen) atoms. The van der Waals surface area contributed by atoms with Gasteiger partial charge in [0.15, 0.2) is 24.0 Å². The number of ether oxygens (including phenoxy) is 3. The van der Waals surface area contributed by atoms with Crippen molar-refractivity contribution >= 4 is 17.7 Å². The molecule has 0 saturated heterocycles. The Labute approximate surface area is 174 Å². The third-order valence-corrected chi connectivity index (χ3v) is 4.38. The molecule has 0 radical (unpaired) electrons. The van der Waals surface area contributed by atoms with Gasteiger partial charge >= 0.3 is 5.97 Å². The number of halogens is 1. The second kappa shape index (κ2) is 10.4. The summed E-state index contributed by atoms with van der Waals surface area (Å²) in [5, 5.41) is 2.61. The average molecular weight is 417 g/mol. The fourth-order valence-corrected chi connectivity index (χ4v) is 2.70. The maximum absolute atomic E-state index is 13.8. The molecule has 2 aromatic rings. The van der Waals surface area contributed by atoms with E-state index in [-0.39, 0.29) is 22.8 Å². The van der Waals surface area contributed by atoms with Crippen LogP contribution in [0.3, 0.4) is 0 Å². The lowest BCUT2D eigenvalue weighted by Crippen LogP contribution is -2.45. The predicted octanol–water partition coefficient (Wildman–Crippen LogP) is 3.02. The van der Waals surface area contributed by atoms with Gasteiger partial charge in [-0.2, -0.15) is 0 Å². The van der Waals surface area contributed by atoms with Gasteiger partial charge < -0.3 is 19.5 Å². The topological polar surface area (TPSA) is 90.9 Å². The normalized spacial score (nSPS) is 11.5. The van der Waals surface area contributed by atoms with Crippen LogP contribution in [-0.2, 0) is 9.53 Å². The van der Waals surface area contributed by atoms with Gasteiger partial charge in [0.05, 0.1) is 19.8 Å². The van der Waals surface area contributed by atoms with E-state index in [4.69, 9.17) is 14.2 Å².